The summed E-state index contributed by atoms with van der Waals surface area (Å²) in [5.41, 5.74) is 0.622. The van der Waals surface area contributed by atoms with Gasteiger partial charge in [0.2, 0.25) is 6.41 Å². The van der Waals surface area contributed by atoms with E-state index < -0.39 is 12.0 Å². The molecule has 5 nitrogen and oxygen atoms in total. The van der Waals surface area contributed by atoms with Gasteiger partial charge in [-0.05, 0) is 18.2 Å². The van der Waals surface area contributed by atoms with Crippen molar-refractivity contribution in [1.82, 2.24) is 5.32 Å². The summed E-state index contributed by atoms with van der Waals surface area (Å²) >= 11 is 3.29. The van der Waals surface area contributed by atoms with E-state index in [2.05, 4.69) is 21.2 Å². The summed E-state index contributed by atoms with van der Waals surface area (Å²) < 4.78 is 5.93. The SMILES string of the molecule is COc1ccc(Br)cc1C(CC(=O)O)NC=O. The Morgan fingerprint density at radius 3 is 2.88 bits per heavy atom. The Hall–Kier alpha value is -1.56. The molecule has 1 rings (SSSR count). The zero-order chi connectivity index (χ0) is 12.8. The smallest absolute Gasteiger partial charge is 0.305 e. The van der Waals surface area contributed by atoms with Crippen LogP contribution in [0, 0.1) is 0 Å². The first-order chi connectivity index (χ1) is 8.08. The number of carboxylic acids is 1. The molecule has 1 amide bonds. The molecule has 0 radical (unpaired) electrons. The van der Waals surface area contributed by atoms with Crippen LogP contribution in [-0.4, -0.2) is 24.6 Å². The molecule has 0 saturated carbocycles. The molecule has 0 heterocycles. The Kier molecular flexibility index (Phi) is 4.96. The van der Waals surface area contributed by atoms with Gasteiger partial charge in [0.05, 0.1) is 19.6 Å². The van der Waals surface area contributed by atoms with Crippen molar-refractivity contribution in [3.63, 3.8) is 0 Å². The predicted octanol–water partition coefficient (Wildman–Crippen LogP) is 1.72. The molecule has 0 fully saturated rings. The second kappa shape index (κ2) is 6.24. The third-order valence-corrected chi connectivity index (χ3v) is 2.71. The van der Waals surface area contributed by atoms with Gasteiger partial charge in [-0.1, -0.05) is 15.9 Å². The summed E-state index contributed by atoms with van der Waals surface area (Å²) in [6, 6.07) is 4.60. The van der Waals surface area contributed by atoms with E-state index in [4.69, 9.17) is 9.84 Å². The highest BCUT2D eigenvalue weighted by Crippen LogP contribution is 2.30. The second-order valence-corrected chi connectivity index (χ2v) is 4.24. The number of carbonyl (C=O) groups is 2. The van der Waals surface area contributed by atoms with Crippen LogP contribution < -0.4 is 10.1 Å². The molecule has 1 atom stereocenters. The van der Waals surface area contributed by atoms with Crippen LogP contribution in [0.3, 0.4) is 0 Å². The van der Waals surface area contributed by atoms with Crippen LogP contribution in [0.5, 0.6) is 5.75 Å². The van der Waals surface area contributed by atoms with Crippen LogP contribution in [0.4, 0.5) is 0 Å². The lowest BCUT2D eigenvalue weighted by molar-refractivity contribution is -0.137. The molecule has 0 spiro atoms. The van der Waals surface area contributed by atoms with Crippen molar-refractivity contribution in [3.8, 4) is 5.75 Å². The zero-order valence-electron chi connectivity index (χ0n) is 9.14. The van der Waals surface area contributed by atoms with Crippen LogP contribution in [0.2, 0.25) is 0 Å². The second-order valence-electron chi connectivity index (χ2n) is 3.32. The van der Waals surface area contributed by atoms with E-state index in [9.17, 15) is 9.59 Å². The third kappa shape index (κ3) is 3.74. The van der Waals surface area contributed by atoms with Crippen molar-refractivity contribution in [2.75, 3.05) is 7.11 Å². The molecule has 0 aliphatic heterocycles. The van der Waals surface area contributed by atoms with Crippen molar-refractivity contribution >= 4 is 28.3 Å². The minimum atomic E-state index is -0.994. The molecule has 1 unspecified atom stereocenters. The van der Waals surface area contributed by atoms with Crippen LogP contribution >= 0.6 is 15.9 Å². The molecule has 0 saturated heterocycles. The van der Waals surface area contributed by atoms with Gasteiger partial charge in [0, 0.05) is 10.0 Å². The van der Waals surface area contributed by atoms with Gasteiger partial charge in [-0.25, -0.2) is 0 Å². The van der Waals surface area contributed by atoms with E-state index in [0.29, 0.717) is 17.7 Å². The number of hydrogen-bond acceptors (Lipinski definition) is 3. The highest BCUT2D eigenvalue weighted by molar-refractivity contribution is 9.10. The third-order valence-electron chi connectivity index (χ3n) is 2.22. The number of carbonyl (C=O) groups excluding carboxylic acids is 1. The summed E-state index contributed by atoms with van der Waals surface area (Å²) in [6.45, 7) is 0. The van der Waals surface area contributed by atoms with Crippen molar-refractivity contribution in [3.05, 3.63) is 28.2 Å². The Balaban J connectivity index is 3.10. The number of methoxy groups -OCH3 is 1. The van der Waals surface area contributed by atoms with Gasteiger partial charge in [-0.15, -0.1) is 0 Å². The van der Waals surface area contributed by atoms with Gasteiger partial charge in [-0.2, -0.15) is 0 Å². The molecule has 0 bridgehead atoms. The van der Waals surface area contributed by atoms with E-state index in [1.54, 1.807) is 18.2 Å². The fourth-order valence-electron chi connectivity index (χ4n) is 1.49. The van der Waals surface area contributed by atoms with Gasteiger partial charge in [-0.3, -0.25) is 9.59 Å². The van der Waals surface area contributed by atoms with Crippen LogP contribution in [0.1, 0.15) is 18.0 Å². The van der Waals surface area contributed by atoms with Crippen LogP contribution in [0.25, 0.3) is 0 Å². The van der Waals surface area contributed by atoms with Gasteiger partial charge >= 0.3 is 5.97 Å². The topological polar surface area (TPSA) is 75.6 Å². The minimum absolute atomic E-state index is 0.203. The first kappa shape index (κ1) is 13.5. The number of rotatable bonds is 6. The van der Waals surface area contributed by atoms with Gasteiger partial charge in [0.25, 0.3) is 0 Å². The van der Waals surface area contributed by atoms with E-state index in [0.717, 1.165) is 4.47 Å². The highest BCUT2D eigenvalue weighted by atomic mass is 79.9. The molecule has 6 heteroatoms. The standard InChI is InChI=1S/C11H12BrNO4/c1-17-10-3-2-7(12)4-8(10)9(13-6-14)5-11(15)16/h2-4,6,9H,5H2,1H3,(H,13,14)(H,15,16). The zero-order valence-corrected chi connectivity index (χ0v) is 10.7. The molecule has 92 valence electrons. The molecule has 0 aromatic heterocycles. The first-order valence-electron chi connectivity index (χ1n) is 4.83. The van der Waals surface area contributed by atoms with E-state index in [-0.39, 0.29) is 6.42 Å². The number of aliphatic carboxylic acids is 1. The van der Waals surface area contributed by atoms with Gasteiger partial charge in [0.1, 0.15) is 5.75 Å². The van der Waals surface area contributed by atoms with Crippen molar-refractivity contribution in [2.45, 2.75) is 12.5 Å². The molecule has 1 aromatic rings. The van der Waals surface area contributed by atoms with E-state index >= 15 is 0 Å². The lowest BCUT2D eigenvalue weighted by Crippen LogP contribution is -2.23. The Bertz CT molecular complexity index is 422. The molecule has 0 aliphatic carbocycles. The largest absolute Gasteiger partial charge is 0.496 e. The number of halogens is 1. The number of amides is 1. The lowest BCUT2D eigenvalue weighted by atomic mass is 10.0. The maximum atomic E-state index is 10.7. The number of ether oxygens (including phenoxy) is 1. The minimum Gasteiger partial charge on any atom is -0.496 e. The van der Waals surface area contributed by atoms with E-state index in [1.807, 2.05) is 0 Å². The highest BCUT2D eigenvalue weighted by Gasteiger charge is 2.19. The summed E-state index contributed by atoms with van der Waals surface area (Å²) in [7, 11) is 1.49. The Morgan fingerprint density at radius 2 is 2.35 bits per heavy atom. The molecule has 17 heavy (non-hydrogen) atoms. The number of hydrogen-bond donors (Lipinski definition) is 2. The fraction of sp³-hybridized carbons (Fsp3) is 0.273. The summed E-state index contributed by atoms with van der Waals surface area (Å²) in [4.78, 5) is 21.2. The quantitative estimate of drug-likeness (QED) is 0.785. The molecular weight excluding hydrogens is 290 g/mol. The molecule has 0 aliphatic rings. The predicted molar refractivity (Wildman–Crippen MR) is 64.9 cm³/mol. The Labute approximate surface area is 107 Å². The van der Waals surface area contributed by atoms with Crippen molar-refractivity contribution in [2.24, 2.45) is 0 Å². The van der Waals surface area contributed by atoms with Gasteiger partial charge in [0.15, 0.2) is 0 Å². The fourth-order valence-corrected chi connectivity index (χ4v) is 1.87. The normalized spacial score (nSPS) is 11.6. The number of benzene rings is 1. The maximum Gasteiger partial charge on any atom is 0.305 e. The lowest BCUT2D eigenvalue weighted by Gasteiger charge is -2.17. The molecular formula is C11H12BrNO4. The molecule has 1 aromatic carbocycles. The van der Waals surface area contributed by atoms with Crippen molar-refractivity contribution in [1.29, 1.82) is 0 Å². The van der Waals surface area contributed by atoms with Gasteiger partial charge < -0.3 is 15.2 Å². The maximum absolute atomic E-state index is 10.7. The van der Waals surface area contributed by atoms with Crippen molar-refractivity contribution < 1.29 is 19.4 Å². The summed E-state index contributed by atoms with van der Waals surface area (Å²) in [6.07, 6.45) is 0.277. The summed E-state index contributed by atoms with van der Waals surface area (Å²) in [5.74, 6) is -0.458. The van der Waals surface area contributed by atoms with Crippen LogP contribution in [0.15, 0.2) is 22.7 Å². The monoisotopic (exact) mass is 301 g/mol. The number of carboxylic acid groups (broad SMARTS) is 1. The molecule has 2 N–H and O–H groups in total. The van der Waals surface area contributed by atoms with Crippen LogP contribution in [-0.2, 0) is 9.59 Å². The average Bonchev–Trinajstić information content (AvgIpc) is 2.28. The van der Waals surface area contributed by atoms with E-state index in [1.165, 1.54) is 7.11 Å². The Morgan fingerprint density at radius 1 is 1.65 bits per heavy atom. The first-order valence-corrected chi connectivity index (χ1v) is 5.62. The summed E-state index contributed by atoms with van der Waals surface area (Å²) in [5, 5.41) is 11.3. The average molecular weight is 302 g/mol. The number of nitrogens with one attached hydrogen (secondary N) is 1.